The standard InChI is InChI=1S/C14H19NO5/c1-19-8-4-3-5-13(16)15-10-6-7-11(14(17)18)12(9-10)20-2/h6-7,9H,3-5,8H2,1-2H3,(H,15,16)(H,17,18). The summed E-state index contributed by atoms with van der Waals surface area (Å²) < 4.78 is 9.90. The van der Waals surface area contributed by atoms with Gasteiger partial charge in [-0.1, -0.05) is 0 Å². The molecule has 2 N–H and O–H groups in total. The summed E-state index contributed by atoms with van der Waals surface area (Å²) in [6, 6.07) is 4.44. The minimum atomic E-state index is -1.07. The van der Waals surface area contributed by atoms with Crippen LogP contribution in [0.4, 0.5) is 5.69 Å². The number of benzene rings is 1. The van der Waals surface area contributed by atoms with Crippen LogP contribution in [-0.4, -0.2) is 37.8 Å². The number of aromatic carboxylic acids is 1. The minimum absolute atomic E-state index is 0.0607. The van der Waals surface area contributed by atoms with Crippen LogP contribution in [0, 0.1) is 0 Å². The number of methoxy groups -OCH3 is 2. The smallest absolute Gasteiger partial charge is 0.339 e. The summed E-state index contributed by atoms with van der Waals surface area (Å²) in [5.74, 6) is -0.972. The van der Waals surface area contributed by atoms with Crippen molar-refractivity contribution in [3.63, 3.8) is 0 Å². The van der Waals surface area contributed by atoms with Gasteiger partial charge >= 0.3 is 5.97 Å². The average Bonchev–Trinajstić information content (AvgIpc) is 2.43. The van der Waals surface area contributed by atoms with Gasteiger partial charge in [0, 0.05) is 31.9 Å². The largest absolute Gasteiger partial charge is 0.496 e. The van der Waals surface area contributed by atoms with Gasteiger partial charge in [0.25, 0.3) is 0 Å². The fraction of sp³-hybridized carbons (Fsp3) is 0.429. The maximum atomic E-state index is 11.7. The second-order valence-corrected chi connectivity index (χ2v) is 4.22. The predicted molar refractivity (Wildman–Crippen MR) is 74.3 cm³/mol. The summed E-state index contributed by atoms with van der Waals surface area (Å²) in [4.78, 5) is 22.6. The van der Waals surface area contributed by atoms with Crippen molar-refractivity contribution >= 4 is 17.6 Å². The summed E-state index contributed by atoms with van der Waals surface area (Å²) in [5.41, 5.74) is 0.578. The lowest BCUT2D eigenvalue weighted by Crippen LogP contribution is -2.12. The van der Waals surface area contributed by atoms with Crippen molar-refractivity contribution in [1.29, 1.82) is 0 Å². The SMILES string of the molecule is COCCCCC(=O)Nc1ccc(C(=O)O)c(OC)c1. The van der Waals surface area contributed by atoms with E-state index >= 15 is 0 Å². The molecule has 0 aliphatic carbocycles. The Balaban J connectivity index is 2.59. The van der Waals surface area contributed by atoms with Gasteiger partial charge in [-0.15, -0.1) is 0 Å². The van der Waals surface area contributed by atoms with Crippen LogP contribution in [0.3, 0.4) is 0 Å². The highest BCUT2D eigenvalue weighted by Gasteiger charge is 2.12. The van der Waals surface area contributed by atoms with E-state index in [1.54, 1.807) is 13.2 Å². The first-order valence-corrected chi connectivity index (χ1v) is 6.28. The molecular weight excluding hydrogens is 262 g/mol. The third-order valence-electron chi connectivity index (χ3n) is 2.72. The Morgan fingerprint density at radius 2 is 2.00 bits per heavy atom. The van der Waals surface area contributed by atoms with Gasteiger partial charge in [-0.2, -0.15) is 0 Å². The van der Waals surface area contributed by atoms with Crippen molar-refractivity contribution < 1.29 is 24.2 Å². The van der Waals surface area contributed by atoms with Gasteiger partial charge in [-0.05, 0) is 25.0 Å². The third kappa shape index (κ3) is 4.89. The predicted octanol–water partition coefficient (Wildman–Crippen LogP) is 2.15. The second-order valence-electron chi connectivity index (χ2n) is 4.22. The average molecular weight is 281 g/mol. The molecule has 0 heterocycles. The normalized spacial score (nSPS) is 10.1. The fourth-order valence-electron chi connectivity index (χ4n) is 1.70. The molecule has 6 nitrogen and oxygen atoms in total. The summed E-state index contributed by atoms with van der Waals surface area (Å²) in [6.07, 6.45) is 1.96. The number of carbonyl (C=O) groups excluding carboxylic acids is 1. The van der Waals surface area contributed by atoms with Crippen molar-refractivity contribution in [1.82, 2.24) is 0 Å². The van der Waals surface area contributed by atoms with Crippen molar-refractivity contribution in [3.8, 4) is 5.75 Å². The first-order chi connectivity index (χ1) is 9.58. The van der Waals surface area contributed by atoms with Crippen LogP contribution in [0.25, 0.3) is 0 Å². The van der Waals surface area contributed by atoms with E-state index in [0.29, 0.717) is 18.7 Å². The van der Waals surface area contributed by atoms with Gasteiger partial charge in [0.1, 0.15) is 11.3 Å². The highest BCUT2D eigenvalue weighted by molar-refractivity contribution is 5.94. The van der Waals surface area contributed by atoms with Gasteiger partial charge in [-0.25, -0.2) is 4.79 Å². The van der Waals surface area contributed by atoms with Crippen LogP contribution < -0.4 is 10.1 Å². The summed E-state index contributed by atoms with van der Waals surface area (Å²) >= 11 is 0. The van der Waals surface area contributed by atoms with Crippen molar-refractivity contribution in [2.75, 3.05) is 26.1 Å². The molecule has 110 valence electrons. The van der Waals surface area contributed by atoms with Gasteiger partial charge in [0.05, 0.1) is 7.11 Å². The molecule has 0 saturated heterocycles. The molecule has 6 heteroatoms. The molecular formula is C14H19NO5. The minimum Gasteiger partial charge on any atom is -0.496 e. The van der Waals surface area contributed by atoms with Crippen LogP contribution in [-0.2, 0) is 9.53 Å². The molecule has 0 saturated carbocycles. The molecule has 0 unspecified atom stereocenters. The number of hydrogen-bond donors (Lipinski definition) is 2. The zero-order valence-corrected chi connectivity index (χ0v) is 11.6. The lowest BCUT2D eigenvalue weighted by atomic mass is 10.1. The maximum absolute atomic E-state index is 11.7. The molecule has 0 aromatic heterocycles. The fourth-order valence-corrected chi connectivity index (χ4v) is 1.70. The van der Waals surface area contributed by atoms with E-state index in [1.165, 1.54) is 19.2 Å². The summed E-state index contributed by atoms with van der Waals surface area (Å²) in [6.45, 7) is 0.633. The number of amides is 1. The van der Waals surface area contributed by atoms with Crippen LogP contribution in [0.1, 0.15) is 29.6 Å². The van der Waals surface area contributed by atoms with Crippen molar-refractivity contribution in [2.24, 2.45) is 0 Å². The number of rotatable bonds is 8. The van der Waals surface area contributed by atoms with Gasteiger partial charge in [0.2, 0.25) is 5.91 Å². The van der Waals surface area contributed by atoms with Gasteiger partial charge < -0.3 is 19.9 Å². The van der Waals surface area contributed by atoms with E-state index in [9.17, 15) is 9.59 Å². The number of unbranched alkanes of at least 4 members (excludes halogenated alkanes) is 1. The Morgan fingerprint density at radius 3 is 2.60 bits per heavy atom. The molecule has 1 aromatic carbocycles. The number of nitrogens with one attached hydrogen (secondary N) is 1. The van der Waals surface area contributed by atoms with E-state index in [0.717, 1.165) is 12.8 Å². The molecule has 0 spiro atoms. The highest BCUT2D eigenvalue weighted by atomic mass is 16.5. The second kappa shape index (κ2) is 8.16. The molecule has 0 aliphatic heterocycles. The molecule has 1 aromatic rings. The number of carboxylic acid groups (broad SMARTS) is 1. The first-order valence-electron chi connectivity index (χ1n) is 6.28. The Morgan fingerprint density at radius 1 is 1.25 bits per heavy atom. The molecule has 1 amide bonds. The van der Waals surface area contributed by atoms with E-state index < -0.39 is 5.97 Å². The zero-order chi connectivity index (χ0) is 15.0. The first kappa shape index (κ1) is 16.0. The summed E-state index contributed by atoms with van der Waals surface area (Å²) in [5, 5.41) is 11.7. The molecule has 0 aliphatic rings. The molecule has 1 rings (SSSR count). The molecule has 20 heavy (non-hydrogen) atoms. The number of carboxylic acids is 1. The zero-order valence-electron chi connectivity index (χ0n) is 11.6. The van der Waals surface area contributed by atoms with E-state index in [4.69, 9.17) is 14.6 Å². The Bertz CT molecular complexity index is 473. The maximum Gasteiger partial charge on any atom is 0.339 e. The number of hydrogen-bond acceptors (Lipinski definition) is 4. The Kier molecular flexibility index (Phi) is 6.52. The van der Waals surface area contributed by atoms with Crippen LogP contribution >= 0.6 is 0 Å². The van der Waals surface area contributed by atoms with Gasteiger partial charge in [-0.3, -0.25) is 4.79 Å². The summed E-state index contributed by atoms with van der Waals surface area (Å²) in [7, 11) is 3.01. The molecule has 0 radical (unpaired) electrons. The topological polar surface area (TPSA) is 84.9 Å². The number of ether oxygens (including phenoxy) is 2. The highest BCUT2D eigenvalue weighted by Crippen LogP contribution is 2.23. The van der Waals surface area contributed by atoms with Crippen LogP contribution in [0.15, 0.2) is 18.2 Å². The van der Waals surface area contributed by atoms with E-state index in [2.05, 4.69) is 5.32 Å². The quantitative estimate of drug-likeness (QED) is 0.713. The third-order valence-corrected chi connectivity index (χ3v) is 2.72. The van der Waals surface area contributed by atoms with Gasteiger partial charge in [0.15, 0.2) is 0 Å². The Labute approximate surface area is 117 Å². The molecule has 0 fully saturated rings. The lowest BCUT2D eigenvalue weighted by molar-refractivity contribution is -0.116. The Hall–Kier alpha value is -2.08. The van der Waals surface area contributed by atoms with Crippen molar-refractivity contribution in [3.05, 3.63) is 23.8 Å². The van der Waals surface area contributed by atoms with Crippen molar-refractivity contribution in [2.45, 2.75) is 19.3 Å². The molecule has 0 bridgehead atoms. The van der Waals surface area contributed by atoms with Crippen LogP contribution in [0.5, 0.6) is 5.75 Å². The van der Waals surface area contributed by atoms with Crippen LogP contribution in [0.2, 0.25) is 0 Å². The number of anilines is 1. The van der Waals surface area contributed by atoms with E-state index in [1.807, 2.05) is 0 Å². The monoisotopic (exact) mass is 281 g/mol. The van der Waals surface area contributed by atoms with E-state index in [-0.39, 0.29) is 17.2 Å². The number of carbonyl (C=O) groups is 2. The molecule has 0 atom stereocenters. The lowest BCUT2D eigenvalue weighted by Gasteiger charge is -2.09.